The molecule has 122 valence electrons. The van der Waals surface area contributed by atoms with Gasteiger partial charge in [-0.25, -0.2) is 4.98 Å². The Morgan fingerprint density at radius 3 is 2.54 bits per heavy atom. The van der Waals surface area contributed by atoms with Crippen LogP contribution in [0, 0.1) is 0 Å². The van der Waals surface area contributed by atoms with Gasteiger partial charge < -0.3 is 4.74 Å². The van der Waals surface area contributed by atoms with Crippen LogP contribution in [-0.2, 0) is 0 Å². The third-order valence-corrected chi connectivity index (χ3v) is 4.15. The molecule has 0 fully saturated rings. The average molecular weight is 382 g/mol. The van der Waals surface area contributed by atoms with Gasteiger partial charge in [-0.1, -0.05) is 46.9 Å². The van der Waals surface area contributed by atoms with E-state index in [0.717, 1.165) is 0 Å². The first kappa shape index (κ1) is 16.8. The maximum absolute atomic E-state index is 12.9. The number of imidazole rings is 1. The zero-order chi connectivity index (χ0) is 17.1. The fourth-order valence-electron chi connectivity index (χ4n) is 2.14. The van der Waals surface area contributed by atoms with Crippen molar-refractivity contribution >= 4 is 40.6 Å². The summed E-state index contributed by atoms with van der Waals surface area (Å²) in [5, 5.41) is 1.10. The van der Waals surface area contributed by atoms with E-state index in [1.54, 1.807) is 48.8 Å². The van der Waals surface area contributed by atoms with E-state index in [1.165, 1.54) is 17.0 Å². The minimum Gasteiger partial charge on any atom is -0.461 e. The molecule has 1 aromatic heterocycles. The van der Waals surface area contributed by atoms with Crippen molar-refractivity contribution < 1.29 is 9.53 Å². The minimum atomic E-state index is -0.994. The summed E-state index contributed by atoms with van der Waals surface area (Å²) in [7, 11) is 0. The van der Waals surface area contributed by atoms with Gasteiger partial charge in [-0.2, -0.15) is 0 Å². The van der Waals surface area contributed by atoms with E-state index in [4.69, 9.17) is 39.5 Å². The number of carbonyl (C=O) groups excluding carboxylic acids is 1. The highest BCUT2D eigenvalue weighted by Crippen LogP contribution is 2.30. The van der Waals surface area contributed by atoms with Crippen LogP contribution < -0.4 is 4.74 Å². The van der Waals surface area contributed by atoms with E-state index < -0.39 is 6.23 Å². The topological polar surface area (TPSA) is 44.1 Å². The Hall–Kier alpha value is -2.01. The third kappa shape index (κ3) is 3.56. The van der Waals surface area contributed by atoms with Gasteiger partial charge in [-0.3, -0.25) is 9.36 Å². The molecule has 4 nitrogen and oxygen atoms in total. The second kappa shape index (κ2) is 7.26. The lowest BCUT2D eigenvalue weighted by atomic mass is 10.1. The zero-order valence-electron chi connectivity index (χ0n) is 12.2. The monoisotopic (exact) mass is 380 g/mol. The van der Waals surface area contributed by atoms with Crippen LogP contribution in [0.1, 0.15) is 16.6 Å². The molecule has 0 aliphatic carbocycles. The molecule has 1 unspecified atom stereocenters. The normalized spacial score (nSPS) is 12.0. The fraction of sp³-hybridized carbons (Fsp3) is 0.0588. The molecule has 1 heterocycles. The number of hydrogen-bond acceptors (Lipinski definition) is 3. The number of ketones is 1. The molecule has 3 rings (SSSR count). The van der Waals surface area contributed by atoms with Gasteiger partial charge in [0.15, 0.2) is 0 Å². The smallest absolute Gasteiger partial charge is 0.241 e. The van der Waals surface area contributed by atoms with Gasteiger partial charge in [0.25, 0.3) is 0 Å². The van der Waals surface area contributed by atoms with E-state index in [-0.39, 0.29) is 10.8 Å². The molecule has 0 bridgehead atoms. The van der Waals surface area contributed by atoms with Crippen molar-refractivity contribution in [1.82, 2.24) is 9.55 Å². The van der Waals surface area contributed by atoms with E-state index in [9.17, 15) is 4.79 Å². The molecule has 1 atom stereocenters. The van der Waals surface area contributed by atoms with Crippen LogP contribution >= 0.6 is 34.8 Å². The van der Waals surface area contributed by atoms with Gasteiger partial charge >= 0.3 is 0 Å². The summed E-state index contributed by atoms with van der Waals surface area (Å²) < 4.78 is 7.38. The summed E-state index contributed by atoms with van der Waals surface area (Å²) in [6.07, 6.45) is 3.68. The molecule has 3 aromatic rings. The molecular formula is C17H11Cl3N2O2. The number of para-hydroxylation sites is 1. The van der Waals surface area contributed by atoms with Gasteiger partial charge in [0, 0.05) is 23.0 Å². The molecule has 7 heteroatoms. The SMILES string of the molecule is O=C(c1ccc(Cl)cc1Cl)C(Oc1ccccc1Cl)n1ccnc1. The van der Waals surface area contributed by atoms with Crippen molar-refractivity contribution in [3.63, 3.8) is 0 Å². The van der Waals surface area contributed by atoms with Crippen molar-refractivity contribution in [2.24, 2.45) is 0 Å². The summed E-state index contributed by atoms with van der Waals surface area (Å²) in [5.41, 5.74) is 0.298. The summed E-state index contributed by atoms with van der Waals surface area (Å²) >= 11 is 18.2. The first-order chi connectivity index (χ1) is 11.6. The van der Waals surface area contributed by atoms with Crippen molar-refractivity contribution in [2.75, 3.05) is 0 Å². The molecule has 0 amide bonds. The quantitative estimate of drug-likeness (QED) is 0.563. The Morgan fingerprint density at radius 1 is 1.08 bits per heavy atom. The van der Waals surface area contributed by atoms with Crippen LogP contribution in [0.3, 0.4) is 0 Å². The molecule has 0 radical (unpaired) electrons. The third-order valence-electron chi connectivity index (χ3n) is 3.29. The maximum Gasteiger partial charge on any atom is 0.241 e. The van der Waals surface area contributed by atoms with Crippen molar-refractivity contribution in [1.29, 1.82) is 0 Å². The molecule has 24 heavy (non-hydrogen) atoms. The van der Waals surface area contributed by atoms with E-state index in [1.807, 2.05) is 0 Å². The lowest BCUT2D eigenvalue weighted by Crippen LogP contribution is -2.25. The molecule has 0 N–H and O–H groups in total. The lowest BCUT2D eigenvalue weighted by molar-refractivity contribution is 0.0654. The van der Waals surface area contributed by atoms with Gasteiger partial charge in [0.2, 0.25) is 12.0 Å². The van der Waals surface area contributed by atoms with Crippen LogP contribution in [0.15, 0.2) is 61.2 Å². The number of benzene rings is 2. The standard InChI is InChI=1S/C17H11Cl3N2O2/c18-11-5-6-12(14(20)9-11)16(23)17(22-8-7-21-10-22)24-15-4-2-1-3-13(15)19/h1-10,17H. The second-order valence-corrected chi connectivity index (χ2v) is 6.15. The molecule has 0 saturated heterocycles. The Balaban J connectivity index is 1.99. The highest BCUT2D eigenvalue weighted by molar-refractivity contribution is 6.37. The molecular weight excluding hydrogens is 371 g/mol. The van der Waals surface area contributed by atoms with Crippen molar-refractivity contribution in [2.45, 2.75) is 6.23 Å². The summed E-state index contributed by atoms with van der Waals surface area (Å²) in [4.78, 5) is 16.9. The molecule has 0 aliphatic rings. The highest BCUT2D eigenvalue weighted by atomic mass is 35.5. The summed E-state index contributed by atoms with van der Waals surface area (Å²) in [6, 6.07) is 11.6. The number of ether oxygens (including phenoxy) is 1. The Morgan fingerprint density at radius 2 is 1.88 bits per heavy atom. The minimum absolute atomic E-state index is 0.250. The van der Waals surface area contributed by atoms with E-state index >= 15 is 0 Å². The van der Waals surface area contributed by atoms with Gasteiger partial charge in [0.05, 0.1) is 16.4 Å². The number of Topliss-reactive ketones (excluding diaryl/α,β-unsaturated/α-hetero) is 1. The Kier molecular flexibility index (Phi) is 5.09. The van der Waals surface area contributed by atoms with E-state index in [0.29, 0.717) is 21.4 Å². The molecule has 2 aromatic carbocycles. The predicted octanol–water partition coefficient (Wildman–Crippen LogP) is 5.30. The molecule has 0 spiro atoms. The first-order valence-corrected chi connectivity index (χ1v) is 8.07. The predicted molar refractivity (Wildman–Crippen MR) is 94.1 cm³/mol. The maximum atomic E-state index is 12.9. The molecule has 0 aliphatic heterocycles. The van der Waals surface area contributed by atoms with Crippen LogP contribution in [0.5, 0.6) is 5.75 Å². The summed E-state index contributed by atoms with van der Waals surface area (Å²) in [5.74, 6) is 0.0471. The molecule has 0 saturated carbocycles. The average Bonchev–Trinajstić information content (AvgIpc) is 3.08. The highest BCUT2D eigenvalue weighted by Gasteiger charge is 2.26. The Bertz CT molecular complexity index is 866. The number of aromatic nitrogens is 2. The largest absolute Gasteiger partial charge is 0.461 e. The number of hydrogen-bond donors (Lipinski definition) is 0. The first-order valence-electron chi connectivity index (χ1n) is 6.94. The fourth-order valence-corrected chi connectivity index (χ4v) is 2.82. The van der Waals surface area contributed by atoms with Gasteiger partial charge in [-0.15, -0.1) is 0 Å². The van der Waals surface area contributed by atoms with Crippen molar-refractivity contribution in [3.05, 3.63) is 81.8 Å². The summed E-state index contributed by atoms with van der Waals surface area (Å²) in [6.45, 7) is 0. The van der Waals surface area contributed by atoms with Gasteiger partial charge in [-0.05, 0) is 30.3 Å². The second-order valence-electron chi connectivity index (χ2n) is 4.90. The van der Waals surface area contributed by atoms with E-state index in [2.05, 4.69) is 4.98 Å². The number of rotatable bonds is 5. The van der Waals surface area contributed by atoms with Crippen LogP contribution in [0.25, 0.3) is 0 Å². The van der Waals surface area contributed by atoms with Gasteiger partial charge in [0.1, 0.15) is 5.75 Å². The Labute approximate surface area is 153 Å². The van der Waals surface area contributed by atoms with Crippen molar-refractivity contribution in [3.8, 4) is 5.75 Å². The number of carbonyl (C=O) groups is 1. The van der Waals surface area contributed by atoms with Crippen LogP contribution in [0.2, 0.25) is 15.1 Å². The lowest BCUT2D eigenvalue weighted by Gasteiger charge is -2.20. The number of nitrogens with zero attached hydrogens (tertiary/aromatic N) is 2. The van der Waals surface area contributed by atoms with Crippen LogP contribution in [0.4, 0.5) is 0 Å². The zero-order valence-corrected chi connectivity index (χ0v) is 14.5. The van der Waals surface area contributed by atoms with Crippen LogP contribution in [-0.4, -0.2) is 15.3 Å². The number of halogens is 3.